The van der Waals surface area contributed by atoms with Gasteiger partial charge < -0.3 is 5.32 Å². The quantitative estimate of drug-likeness (QED) is 0.590. The highest BCUT2D eigenvalue weighted by Crippen LogP contribution is 2.27. The molecule has 0 saturated heterocycles. The van der Waals surface area contributed by atoms with Crippen molar-refractivity contribution in [3.8, 4) is 0 Å². The van der Waals surface area contributed by atoms with Gasteiger partial charge in [-0.15, -0.1) is 0 Å². The number of nitrogens with zero attached hydrogens (tertiary/aromatic N) is 2. The van der Waals surface area contributed by atoms with E-state index in [2.05, 4.69) is 20.0 Å². The van der Waals surface area contributed by atoms with Crippen LogP contribution in [0.1, 0.15) is 31.7 Å². The number of aromatic nitrogens is 2. The number of sulfonamides is 1. The maximum atomic E-state index is 10.9. The second-order valence-corrected chi connectivity index (χ2v) is 6.72. The summed E-state index contributed by atoms with van der Waals surface area (Å²) in [6.45, 7) is 5.03. The fraction of sp³-hybridized carbons (Fsp3) is 0.636. The molecule has 2 N–H and O–H groups in total. The van der Waals surface area contributed by atoms with Crippen molar-refractivity contribution < 1.29 is 8.42 Å². The largest absolute Gasteiger partial charge is 0.370 e. The summed E-state index contributed by atoms with van der Waals surface area (Å²) in [7, 11) is -3.12. The van der Waals surface area contributed by atoms with Crippen LogP contribution in [0, 0.1) is 0 Å². The Labute approximate surface area is 119 Å². The monoisotopic (exact) mass is 306 g/mol. The van der Waals surface area contributed by atoms with Gasteiger partial charge >= 0.3 is 0 Å². The Balaban J connectivity index is 2.52. The first-order valence-electron chi connectivity index (χ1n) is 6.00. The topological polar surface area (TPSA) is 84.0 Å². The Kier molecular flexibility index (Phi) is 5.96. The highest BCUT2D eigenvalue weighted by atomic mass is 35.5. The number of anilines is 1. The van der Waals surface area contributed by atoms with Gasteiger partial charge in [0, 0.05) is 18.7 Å². The predicted molar refractivity (Wildman–Crippen MR) is 77.1 cm³/mol. The molecule has 0 atom stereocenters. The Morgan fingerprint density at radius 3 is 2.58 bits per heavy atom. The van der Waals surface area contributed by atoms with Crippen molar-refractivity contribution >= 4 is 27.4 Å². The van der Waals surface area contributed by atoms with Crippen LogP contribution in [0.15, 0.2) is 6.33 Å². The van der Waals surface area contributed by atoms with E-state index in [1.165, 1.54) is 6.33 Å². The molecule has 1 heterocycles. The fourth-order valence-electron chi connectivity index (χ4n) is 1.58. The first-order chi connectivity index (χ1) is 8.81. The standard InChI is InChI=1S/C11H19ClN4O2S/c1-8(2)9-10(12)14-7-15-11(9)13-5-4-6-16-19(3,17)18/h7-8,16H,4-6H2,1-3H3,(H,13,14,15). The molecule has 0 unspecified atom stereocenters. The summed E-state index contributed by atoms with van der Waals surface area (Å²) in [6, 6.07) is 0. The number of nitrogens with one attached hydrogen (secondary N) is 2. The van der Waals surface area contributed by atoms with Gasteiger partial charge in [-0.1, -0.05) is 25.4 Å². The average Bonchev–Trinajstić information content (AvgIpc) is 2.26. The molecule has 19 heavy (non-hydrogen) atoms. The number of halogens is 1. The second kappa shape index (κ2) is 7.02. The van der Waals surface area contributed by atoms with Crippen LogP contribution in [0.2, 0.25) is 5.15 Å². The summed E-state index contributed by atoms with van der Waals surface area (Å²) in [5.41, 5.74) is 0.875. The summed E-state index contributed by atoms with van der Waals surface area (Å²) in [4.78, 5) is 8.12. The van der Waals surface area contributed by atoms with Crippen LogP contribution in [0.25, 0.3) is 0 Å². The minimum atomic E-state index is -3.12. The van der Waals surface area contributed by atoms with Crippen LogP contribution >= 0.6 is 11.6 Å². The summed E-state index contributed by atoms with van der Waals surface area (Å²) >= 11 is 6.04. The lowest BCUT2D eigenvalue weighted by Crippen LogP contribution is -2.24. The van der Waals surface area contributed by atoms with Gasteiger partial charge in [0.1, 0.15) is 17.3 Å². The molecule has 6 nitrogen and oxygen atoms in total. The van der Waals surface area contributed by atoms with E-state index in [9.17, 15) is 8.42 Å². The maximum Gasteiger partial charge on any atom is 0.208 e. The van der Waals surface area contributed by atoms with E-state index in [0.717, 1.165) is 11.8 Å². The van der Waals surface area contributed by atoms with Crippen LogP contribution < -0.4 is 10.0 Å². The van der Waals surface area contributed by atoms with Crippen LogP contribution in [0.5, 0.6) is 0 Å². The van der Waals surface area contributed by atoms with Gasteiger partial charge in [0.25, 0.3) is 0 Å². The molecular weight excluding hydrogens is 288 g/mol. The minimum absolute atomic E-state index is 0.213. The molecule has 0 aromatic carbocycles. The second-order valence-electron chi connectivity index (χ2n) is 4.53. The SMILES string of the molecule is CC(C)c1c(Cl)ncnc1NCCCNS(C)(=O)=O. The summed E-state index contributed by atoms with van der Waals surface area (Å²) < 4.78 is 24.2. The van der Waals surface area contributed by atoms with E-state index >= 15 is 0 Å². The Morgan fingerprint density at radius 2 is 2.00 bits per heavy atom. The zero-order valence-electron chi connectivity index (χ0n) is 11.3. The third-order valence-electron chi connectivity index (χ3n) is 2.42. The molecule has 0 aliphatic carbocycles. The van der Waals surface area contributed by atoms with Crippen molar-refractivity contribution in [3.05, 3.63) is 17.0 Å². The van der Waals surface area contributed by atoms with Crippen molar-refractivity contribution in [2.24, 2.45) is 0 Å². The minimum Gasteiger partial charge on any atom is -0.370 e. The molecule has 0 fully saturated rings. The molecule has 1 rings (SSSR count). The molecule has 0 saturated carbocycles. The van der Waals surface area contributed by atoms with Gasteiger partial charge in [0.05, 0.1) is 6.26 Å². The van der Waals surface area contributed by atoms with Gasteiger partial charge in [-0.3, -0.25) is 0 Å². The third-order valence-corrected chi connectivity index (χ3v) is 3.45. The first kappa shape index (κ1) is 16.1. The van der Waals surface area contributed by atoms with E-state index in [1.807, 2.05) is 13.8 Å². The smallest absolute Gasteiger partial charge is 0.208 e. The fourth-order valence-corrected chi connectivity index (χ4v) is 2.45. The van der Waals surface area contributed by atoms with Gasteiger partial charge in [-0.05, 0) is 12.3 Å². The summed E-state index contributed by atoms with van der Waals surface area (Å²) in [6.07, 6.45) is 3.21. The van der Waals surface area contributed by atoms with Gasteiger partial charge in [0.2, 0.25) is 10.0 Å². The van der Waals surface area contributed by atoms with Crippen molar-refractivity contribution in [1.82, 2.24) is 14.7 Å². The lowest BCUT2D eigenvalue weighted by atomic mass is 10.1. The molecule has 0 aliphatic rings. The van der Waals surface area contributed by atoms with Crippen LogP contribution in [0.3, 0.4) is 0 Å². The summed E-state index contributed by atoms with van der Waals surface area (Å²) in [5.74, 6) is 0.916. The van der Waals surface area contributed by atoms with Gasteiger partial charge in [-0.2, -0.15) is 0 Å². The highest BCUT2D eigenvalue weighted by Gasteiger charge is 2.12. The van der Waals surface area contributed by atoms with E-state index in [1.54, 1.807) is 0 Å². The van der Waals surface area contributed by atoms with Crippen LogP contribution in [-0.2, 0) is 10.0 Å². The molecule has 1 aromatic heterocycles. The molecule has 0 radical (unpaired) electrons. The van der Waals surface area contributed by atoms with E-state index < -0.39 is 10.0 Å². The Hall–Kier alpha value is -0.920. The molecule has 8 heteroatoms. The maximum absolute atomic E-state index is 10.9. The van der Waals surface area contributed by atoms with E-state index in [4.69, 9.17) is 11.6 Å². The normalized spacial score (nSPS) is 11.8. The first-order valence-corrected chi connectivity index (χ1v) is 8.27. The molecule has 0 bridgehead atoms. The number of hydrogen-bond donors (Lipinski definition) is 2. The van der Waals surface area contributed by atoms with Crippen LogP contribution in [-0.4, -0.2) is 37.7 Å². The molecule has 0 amide bonds. The van der Waals surface area contributed by atoms with Crippen molar-refractivity contribution in [3.63, 3.8) is 0 Å². The lowest BCUT2D eigenvalue weighted by Gasteiger charge is -2.14. The summed E-state index contributed by atoms with van der Waals surface area (Å²) in [5, 5.41) is 3.60. The Bertz CT molecular complexity index is 519. The predicted octanol–water partition coefficient (Wildman–Crippen LogP) is 1.60. The molecule has 108 valence electrons. The van der Waals surface area contributed by atoms with Crippen molar-refractivity contribution in [2.45, 2.75) is 26.2 Å². The zero-order chi connectivity index (χ0) is 14.5. The van der Waals surface area contributed by atoms with Crippen molar-refractivity contribution in [2.75, 3.05) is 24.7 Å². The molecule has 0 aliphatic heterocycles. The Morgan fingerprint density at radius 1 is 1.32 bits per heavy atom. The van der Waals surface area contributed by atoms with Crippen LogP contribution in [0.4, 0.5) is 5.82 Å². The van der Waals surface area contributed by atoms with Gasteiger partial charge in [-0.25, -0.2) is 23.1 Å². The zero-order valence-corrected chi connectivity index (χ0v) is 12.8. The van der Waals surface area contributed by atoms with E-state index in [0.29, 0.717) is 30.5 Å². The lowest BCUT2D eigenvalue weighted by molar-refractivity contribution is 0.586. The average molecular weight is 307 g/mol. The number of rotatable bonds is 7. The number of hydrogen-bond acceptors (Lipinski definition) is 5. The molecule has 0 spiro atoms. The van der Waals surface area contributed by atoms with E-state index in [-0.39, 0.29) is 5.92 Å². The third kappa shape index (κ3) is 5.71. The van der Waals surface area contributed by atoms with Crippen molar-refractivity contribution in [1.29, 1.82) is 0 Å². The molecule has 1 aromatic rings. The highest BCUT2D eigenvalue weighted by molar-refractivity contribution is 7.88. The molecular formula is C11H19ClN4O2S. The van der Waals surface area contributed by atoms with Gasteiger partial charge in [0.15, 0.2) is 0 Å².